The van der Waals surface area contributed by atoms with E-state index < -0.39 is 17.8 Å². The Morgan fingerprint density at radius 2 is 1.79 bits per heavy atom. The van der Waals surface area contributed by atoms with Gasteiger partial charge in [-0.25, -0.2) is 0 Å². The molecular formula is C14H22N2O3. The summed E-state index contributed by atoms with van der Waals surface area (Å²) in [6.45, 7) is 6.62. The molecule has 19 heavy (non-hydrogen) atoms. The summed E-state index contributed by atoms with van der Waals surface area (Å²) in [7, 11) is 0. The van der Waals surface area contributed by atoms with Crippen LogP contribution in [0.4, 0.5) is 0 Å². The number of nitrogens with zero attached hydrogens (tertiary/aromatic N) is 1. The van der Waals surface area contributed by atoms with E-state index in [2.05, 4.69) is 6.92 Å². The molecule has 5 nitrogen and oxygen atoms in total. The summed E-state index contributed by atoms with van der Waals surface area (Å²) in [5.41, 5.74) is 0. The number of allylic oxidation sites excluding steroid dienone is 2. The minimum absolute atomic E-state index is 0.00583. The zero-order valence-electron chi connectivity index (χ0n) is 11.4. The third-order valence-corrected chi connectivity index (χ3v) is 4.33. The molecule has 1 fully saturated rings. The zero-order chi connectivity index (χ0) is 13.8. The summed E-state index contributed by atoms with van der Waals surface area (Å²) < 4.78 is 0. The fraction of sp³-hybridized carbons (Fsp3) is 0.714. The first-order valence-electron chi connectivity index (χ1n) is 7.11. The van der Waals surface area contributed by atoms with Crippen molar-refractivity contribution in [1.29, 1.82) is 0 Å². The normalized spacial score (nSPS) is 28.4. The number of carbonyl (C=O) groups is 2. The Balaban J connectivity index is 1.98. The molecule has 0 aromatic rings. The maximum absolute atomic E-state index is 12.5. The van der Waals surface area contributed by atoms with Crippen molar-refractivity contribution in [2.45, 2.75) is 19.8 Å². The van der Waals surface area contributed by atoms with E-state index in [-0.39, 0.29) is 5.91 Å². The molecule has 0 aromatic carbocycles. The average Bonchev–Trinajstić information content (AvgIpc) is 2.46. The minimum Gasteiger partial charge on any atom is -0.550 e. The smallest absolute Gasteiger partial charge is 0.227 e. The van der Waals surface area contributed by atoms with E-state index in [0.29, 0.717) is 12.8 Å². The molecule has 106 valence electrons. The van der Waals surface area contributed by atoms with Crippen molar-refractivity contribution in [3.05, 3.63) is 12.2 Å². The van der Waals surface area contributed by atoms with Crippen molar-refractivity contribution in [2.75, 3.05) is 32.7 Å². The van der Waals surface area contributed by atoms with Crippen molar-refractivity contribution >= 4 is 11.9 Å². The van der Waals surface area contributed by atoms with Crippen molar-refractivity contribution in [2.24, 2.45) is 11.8 Å². The molecule has 1 aliphatic heterocycles. The van der Waals surface area contributed by atoms with Gasteiger partial charge < -0.3 is 19.7 Å². The molecule has 1 heterocycles. The lowest BCUT2D eigenvalue weighted by Crippen LogP contribution is -3.14. The molecule has 2 aliphatic rings. The van der Waals surface area contributed by atoms with Crippen LogP contribution >= 0.6 is 0 Å². The number of carboxylic acids is 1. The van der Waals surface area contributed by atoms with Gasteiger partial charge in [0.15, 0.2) is 0 Å². The molecule has 1 saturated heterocycles. The molecule has 5 heteroatoms. The molecule has 0 radical (unpaired) electrons. The molecular weight excluding hydrogens is 244 g/mol. The number of hydrogen-bond donors (Lipinski definition) is 1. The topological polar surface area (TPSA) is 64.9 Å². The lowest BCUT2D eigenvalue weighted by atomic mass is 9.82. The molecule has 0 aromatic heterocycles. The van der Waals surface area contributed by atoms with E-state index in [4.69, 9.17) is 0 Å². The number of rotatable bonds is 3. The highest BCUT2D eigenvalue weighted by Gasteiger charge is 2.34. The van der Waals surface area contributed by atoms with Crippen LogP contribution in [0.25, 0.3) is 0 Å². The Hall–Kier alpha value is -1.36. The lowest BCUT2D eigenvalue weighted by molar-refractivity contribution is -0.902. The zero-order valence-corrected chi connectivity index (χ0v) is 11.4. The molecule has 1 amide bonds. The quantitative estimate of drug-likeness (QED) is 0.605. The minimum atomic E-state index is -1.10. The highest BCUT2D eigenvalue weighted by atomic mass is 16.4. The SMILES string of the molecule is CC[NH+]1CCN(C(=O)[C@H]2CC=CC[C@@H]2C(=O)[O-])CC1. The summed E-state index contributed by atoms with van der Waals surface area (Å²) in [4.78, 5) is 26.9. The van der Waals surface area contributed by atoms with Gasteiger partial charge in [-0.1, -0.05) is 12.2 Å². The number of quaternary nitrogens is 1. The van der Waals surface area contributed by atoms with Crippen LogP contribution < -0.4 is 10.0 Å². The fourth-order valence-corrected chi connectivity index (χ4v) is 2.98. The molecule has 2 rings (SSSR count). The van der Waals surface area contributed by atoms with Crippen LogP contribution in [-0.4, -0.2) is 49.5 Å². The summed E-state index contributed by atoms with van der Waals surface area (Å²) in [5.74, 6) is -2.19. The van der Waals surface area contributed by atoms with Gasteiger partial charge >= 0.3 is 0 Å². The molecule has 1 aliphatic carbocycles. The van der Waals surface area contributed by atoms with E-state index in [9.17, 15) is 14.7 Å². The van der Waals surface area contributed by atoms with Gasteiger partial charge in [0.25, 0.3) is 0 Å². The van der Waals surface area contributed by atoms with Gasteiger partial charge in [0, 0.05) is 17.8 Å². The third kappa shape index (κ3) is 3.15. The van der Waals surface area contributed by atoms with Gasteiger partial charge in [0.05, 0.1) is 32.7 Å². The van der Waals surface area contributed by atoms with E-state index >= 15 is 0 Å². The van der Waals surface area contributed by atoms with E-state index in [0.717, 1.165) is 32.7 Å². The van der Waals surface area contributed by atoms with Crippen LogP contribution in [0.15, 0.2) is 12.2 Å². The van der Waals surface area contributed by atoms with E-state index in [1.54, 1.807) is 0 Å². The number of hydrogen-bond acceptors (Lipinski definition) is 3. The number of likely N-dealkylation sites (N-methyl/N-ethyl adjacent to an activating group) is 1. The van der Waals surface area contributed by atoms with Crippen molar-refractivity contribution < 1.29 is 19.6 Å². The van der Waals surface area contributed by atoms with Gasteiger partial charge in [-0.05, 0) is 19.8 Å². The van der Waals surface area contributed by atoms with Crippen LogP contribution in [-0.2, 0) is 9.59 Å². The first kappa shape index (κ1) is 14.1. The largest absolute Gasteiger partial charge is 0.550 e. The van der Waals surface area contributed by atoms with Gasteiger partial charge in [-0.15, -0.1) is 0 Å². The van der Waals surface area contributed by atoms with Gasteiger partial charge in [0.1, 0.15) is 0 Å². The van der Waals surface area contributed by atoms with E-state index in [1.165, 1.54) is 4.90 Å². The standard InChI is InChI=1S/C14H22N2O3/c1-2-15-7-9-16(10-8-15)13(17)11-5-3-4-6-12(11)14(18)19/h3-4,11-12H,2,5-10H2,1H3,(H,18,19)/t11-,12-/m0/s1. The Morgan fingerprint density at radius 3 is 2.32 bits per heavy atom. The summed E-state index contributed by atoms with van der Waals surface area (Å²) in [5, 5.41) is 11.1. The summed E-state index contributed by atoms with van der Waals surface area (Å²) >= 11 is 0. The second kappa shape index (κ2) is 6.19. The lowest BCUT2D eigenvalue weighted by Gasteiger charge is -2.36. The first-order valence-corrected chi connectivity index (χ1v) is 7.11. The summed E-state index contributed by atoms with van der Waals surface area (Å²) in [6.07, 6.45) is 4.69. The molecule has 0 unspecified atom stereocenters. The van der Waals surface area contributed by atoms with Crippen LogP contribution in [0.1, 0.15) is 19.8 Å². The molecule has 0 bridgehead atoms. The monoisotopic (exact) mass is 266 g/mol. The maximum atomic E-state index is 12.5. The number of piperazine rings is 1. The maximum Gasteiger partial charge on any atom is 0.227 e. The Labute approximate surface area is 113 Å². The number of nitrogens with one attached hydrogen (secondary N) is 1. The van der Waals surface area contributed by atoms with Gasteiger partial charge in [0.2, 0.25) is 5.91 Å². The van der Waals surface area contributed by atoms with Crippen molar-refractivity contribution in [3.8, 4) is 0 Å². The number of carboxylic acid groups (broad SMARTS) is 1. The van der Waals surface area contributed by atoms with Crippen molar-refractivity contribution in [3.63, 3.8) is 0 Å². The number of amides is 1. The van der Waals surface area contributed by atoms with Gasteiger partial charge in [-0.2, -0.15) is 0 Å². The Morgan fingerprint density at radius 1 is 1.21 bits per heavy atom. The molecule has 2 atom stereocenters. The molecule has 0 spiro atoms. The predicted octanol–water partition coefficient (Wildman–Crippen LogP) is -1.93. The second-order valence-corrected chi connectivity index (χ2v) is 5.40. The van der Waals surface area contributed by atoms with Crippen LogP contribution in [0.3, 0.4) is 0 Å². The van der Waals surface area contributed by atoms with Crippen molar-refractivity contribution in [1.82, 2.24) is 4.90 Å². The number of aliphatic carboxylic acids is 1. The highest BCUT2D eigenvalue weighted by Crippen LogP contribution is 2.27. The Bertz CT molecular complexity index is 373. The summed E-state index contributed by atoms with van der Waals surface area (Å²) in [6, 6.07) is 0. The average molecular weight is 266 g/mol. The number of carbonyl (C=O) groups excluding carboxylic acids is 2. The van der Waals surface area contributed by atoms with E-state index in [1.807, 2.05) is 17.1 Å². The Kier molecular flexibility index (Phi) is 4.58. The van der Waals surface area contributed by atoms with Crippen LogP contribution in [0.2, 0.25) is 0 Å². The molecule has 0 saturated carbocycles. The first-order chi connectivity index (χ1) is 9.13. The third-order valence-electron chi connectivity index (χ3n) is 4.33. The molecule has 1 N–H and O–H groups in total. The van der Waals surface area contributed by atoms with Crippen LogP contribution in [0, 0.1) is 11.8 Å². The van der Waals surface area contributed by atoms with Gasteiger partial charge in [-0.3, -0.25) is 4.79 Å². The van der Waals surface area contributed by atoms with Crippen LogP contribution in [0.5, 0.6) is 0 Å². The predicted molar refractivity (Wildman–Crippen MR) is 68.2 cm³/mol. The highest BCUT2D eigenvalue weighted by molar-refractivity contribution is 5.84. The second-order valence-electron chi connectivity index (χ2n) is 5.40. The fourth-order valence-electron chi connectivity index (χ4n) is 2.98.